The molecule has 0 spiro atoms. The van der Waals surface area contributed by atoms with Gasteiger partial charge in [-0.1, -0.05) is 12.9 Å². The Balaban J connectivity index is 2.25. The van der Waals surface area contributed by atoms with Gasteiger partial charge in [0.1, 0.15) is 7.28 Å². The van der Waals surface area contributed by atoms with Gasteiger partial charge in [-0.05, 0) is 18.5 Å². The molecule has 2 heterocycles. The monoisotopic (exact) mass is 202 g/mol. The Morgan fingerprint density at radius 1 is 1.36 bits per heavy atom. The Bertz CT molecular complexity index is 400. The minimum Gasteiger partial charge on any atom is -0.255 e. The lowest BCUT2D eigenvalue weighted by Gasteiger charge is -1.92. The molecule has 70 valence electrons. The van der Waals surface area contributed by atoms with Crippen molar-refractivity contribution in [1.82, 2.24) is 9.97 Å². The molecule has 0 atom stereocenters. The van der Waals surface area contributed by atoms with Crippen molar-refractivity contribution in [3.63, 3.8) is 0 Å². The van der Waals surface area contributed by atoms with Crippen LogP contribution in [-0.4, -0.2) is 17.2 Å². The van der Waals surface area contributed by atoms with E-state index in [4.69, 9.17) is 0 Å². The summed E-state index contributed by atoms with van der Waals surface area (Å²) < 4.78 is 0. The zero-order chi connectivity index (χ0) is 9.80. The zero-order valence-corrected chi connectivity index (χ0v) is 8.92. The maximum absolute atomic E-state index is 4.53. The van der Waals surface area contributed by atoms with Crippen molar-refractivity contribution in [2.45, 2.75) is 13.1 Å². The number of nitrogens with zero attached hydrogens (tertiary/aromatic N) is 2. The van der Waals surface area contributed by atoms with Crippen molar-refractivity contribution < 1.29 is 0 Å². The van der Waals surface area contributed by atoms with Crippen molar-refractivity contribution in [3.8, 4) is 11.4 Å². The number of thiazole rings is 1. The Morgan fingerprint density at radius 2 is 2.29 bits per heavy atom. The molecule has 0 aromatic carbocycles. The first kappa shape index (κ1) is 9.40. The van der Waals surface area contributed by atoms with Gasteiger partial charge in [-0.25, -0.2) is 4.98 Å². The molecule has 0 fully saturated rings. The summed E-state index contributed by atoms with van der Waals surface area (Å²) in [4.78, 5) is 8.79. The van der Waals surface area contributed by atoms with E-state index >= 15 is 0 Å². The van der Waals surface area contributed by atoms with Crippen molar-refractivity contribution >= 4 is 18.6 Å². The van der Waals surface area contributed by atoms with Crippen LogP contribution in [0.3, 0.4) is 0 Å². The first-order valence-corrected chi connectivity index (χ1v) is 5.64. The third-order valence-corrected chi connectivity index (χ3v) is 2.85. The van der Waals surface area contributed by atoms with E-state index < -0.39 is 0 Å². The average Bonchev–Trinajstić information content (AvgIpc) is 2.68. The van der Waals surface area contributed by atoms with Gasteiger partial charge in [0.15, 0.2) is 0 Å². The lowest BCUT2D eigenvalue weighted by atomic mass is 9.79. The second-order valence-corrected chi connectivity index (χ2v) is 4.03. The predicted molar refractivity (Wildman–Crippen MR) is 62.1 cm³/mol. The molecule has 0 aliphatic heterocycles. The SMILES string of the molecule is CBCc1nc(-c2ccccn2)cs1. The largest absolute Gasteiger partial charge is 0.255 e. The normalized spacial score (nSPS) is 10.1. The van der Waals surface area contributed by atoms with Crippen LogP contribution in [0.2, 0.25) is 6.82 Å². The third kappa shape index (κ3) is 2.01. The minimum absolute atomic E-state index is 0.964. The summed E-state index contributed by atoms with van der Waals surface area (Å²) >= 11 is 1.72. The van der Waals surface area contributed by atoms with Gasteiger partial charge < -0.3 is 0 Å². The standard InChI is InChI=1S/C10H11BN2S/c1-11-6-10-13-9(7-14-10)8-4-2-3-5-12-8/h2-5,7,11H,6H2,1H3. The number of pyridine rings is 1. The van der Waals surface area contributed by atoms with Crippen LogP contribution in [0.4, 0.5) is 0 Å². The van der Waals surface area contributed by atoms with Crippen molar-refractivity contribution in [3.05, 3.63) is 34.8 Å². The molecule has 0 aliphatic rings. The van der Waals surface area contributed by atoms with Crippen LogP contribution in [0, 0.1) is 0 Å². The Labute approximate surface area is 88.3 Å². The van der Waals surface area contributed by atoms with E-state index in [0.29, 0.717) is 0 Å². The highest BCUT2D eigenvalue weighted by Gasteiger charge is 2.03. The molecule has 0 aliphatic carbocycles. The van der Waals surface area contributed by atoms with Crippen LogP contribution in [0.15, 0.2) is 29.8 Å². The quantitative estimate of drug-likeness (QED) is 0.713. The third-order valence-electron chi connectivity index (χ3n) is 1.94. The fourth-order valence-electron chi connectivity index (χ4n) is 1.27. The van der Waals surface area contributed by atoms with Crippen LogP contribution in [0.25, 0.3) is 11.4 Å². The summed E-state index contributed by atoms with van der Waals surface area (Å²) in [5.41, 5.74) is 1.96. The highest BCUT2D eigenvalue weighted by atomic mass is 32.1. The van der Waals surface area contributed by atoms with Gasteiger partial charge in [0, 0.05) is 11.6 Å². The average molecular weight is 202 g/mol. The van der Waals surface area contributed by atoms with Gasteiger partial charge in [0.05, 0.1) is 16.4 Å². The molecule has 2 nitrogen and oxygen atoms in total. The highest BCUT2D eigenvalue weighted by Crippen LogP contribution is 2.19. The summed E-state index contributed by atoms with van der Waals surface area (Å²) in [6.45, 7) is 2.17. The lowest BCUT2D eigenvalue weighted by Crippen LogP contribution is -1.90. The van der Waals surface area contributed by atoms with E-state index in [1.165, 1.54) is 5.01 Å². The van der Waals surface area contributed by atoms with Gasteiger partial charge in [-0.3, -0.25) is 4.98 Å². The molecular formula is C10H11BN2S. The highest BCUT2D eigenvalue weighted by molar-refractivity contribution is 7.10. The molecule has 2 rings (SSSR count). The molecule has 2 aromatic heterocycles. The molecule has 0 N–H and O–H groups in total. The summed E-state index contributed by atoms with van der Waals surface area (Å²) in [6.07, 6.45) is 2.87. The fourth-order valence-corrected chi connectivity index (χ4v) is 2.17. The lowest BCUT2D eigenvalue weighted by molar-refractivity contribution is 1.22. The van der Waals surface area contributed by atoms with Gasteiger partial charge in [0.25, 0.3) is 0 Å². The molecule has 0 unspecified atom stereocenters. The van der Waals surface area contributed by atoms with Gasteiger partial charge in [0.2, 0.25) is 0 Å². The Kier molecular flexibility index (Phi) is 2.94. The molecular weight excluding hydrogens is 191 g/mol. The Morgan fingerprint density at radius 3 is 3.00 bits per heavy atom. The maximum Gasteiger partial charge on any atom is 0.125 e. The molecule has 4 heteroatoms. The summed E-state index contributed by atoms with van der Waals surface area (Å²) in [5, 5.41) is 3.28. The second kappa shape index (κ2) is 4.37. The fraction of sp³-hybridized carbons (Fsp3) is 0.200. The molecule has 0 radical (unpaired) electrons. The van der Waals surface area contributed by atoms with Crippen molar-refractivity contribution in [2.24, 2.45) is 0 Å². The molecule has 2 aromatic rings. The van der Waals surface area contributed by atoms with Crippen LogP contribution in [0.5, 0.6) is 0 Å². The molecule has 0 amide bonds. The van der Waals surface area contributed by atoms with Crippen LogP contribution < -0.4 is 0 Å². The van der Waals surface area contributed by atoms with Crippen LogP contribution >= 0.6 is 11.3 Å². The number of rotatable bonds is 3. The molecule has 0 saturated heterocycles. The maximum atomic E-state index is 4.53. The van der Waals surface area contributed by atoms with Gasteiger partial charge in [-0.2, -0.15) is 0 Å². The first-order valence-electron chi connectivity index (χ1n) is 4.76. The minimum atomic E-state index is 0.964. The van der Waals surface area contributed by atoms with E-state index in [2.05, 4.69) is 22.2 Å². The predicted octanol–water partition coefficient (Wildman–Crippen LogP) is 2.19. The zero-order valence-electron chi connectivity index (χ0n) is 8.10. The Hall–Kier alpha value is -1.16. The van der Waals surface area contributed by atoms with E-state index in [9.17, 15) is 0 Å². The summed E-state index contributed by atoms with van der Waals surface area (Å²) in [5.74, 6) is 0. The van der Waals surface area contributed by atoms with Crippen molar-refractivity contribution in [1.29, 1.82) is 0 Å². The smallest absolute Gasteiger partial charge is 0.125 e. The van der Waals surface area contributed by atoms with Gasteiger partial charge in [-0.15, -0.1) is 11.3 Å². The molecule has 0 saturated carbocycles. The van der Waals surface area contributed by atoms with E-state index in [0.717, 1.165) is 25.0 Å². The van der Waals surface area contributed by atoms with Crippen LogP contribution in [0.1, 0.15) is 5.01 Å². The molecule has 14 heavy (non-hydrogen) atoms. The summed E-state index contributed by atoms with van der Waals surface area (Å²) in [6, 6.07) is 5.90. The number of aromatic nitrogens is 2. The molecule has 0 bridgehead atoms. The van der Waals surface area contributed by atoms with Crippen LogP contribution in [-0.2, 0) is 6.32 Å². The first-order chi connectivity index (χ1) is 6.90. The topological polar surface area (TPSA) is 25.8 Å². The number of hydrogen-bond donors (Lipinski definition) is 0. The number of hydrogen-bond acceptors (Lipinski definition) is 3. The van der Waals surface area contributed by atoms with E-state index in [1.807, 2.05) is 18.2 Å². The van der Waals surface area contributed by atoms with E-state index in [1.54, 1.807) is 17.5 Å². The van der Waals surface area contributed by atoms with Crippen molar-refractivity contribution in [2.75, 3.05) is 0 Å². The summed E-state index contributed by atoms with van der Waals surface area (Å²) in [7, 11) is 1.15. The second-order valence-electron chi connectivity index (χ2n) is 3.09. The van der Waals surface area contributed by atoms with Gasteiger partial charge >= 0.3 is 0 Å². The van der Waals surface area contributed by atoms with E-state index in [-0.39, 0.29) is 0 Å².